The van der Waals surface area contributed by atoms with E-state index in [1.54, 1.807) is 31.2 Å². The maximum absolute atomic E-state index is 11.8. The summed E-state index contributed by atoms with van der Waals surface area (Å²) < 4.78 is 10.9. The van der Waals surface area contributed by atoms with Gasteiger partial charge in [0, 0.05) is 5.69 Å². The van der Waals surface area contributed by atoms with Crippen molar-refractivity contribution >= 4 is 33.9 Å². The van der Waals surface area contributed by atoms with Crippen LogP contribution in [0.1, 0.15) is 17.3 Å². The molecule has 7 heteroatoms. The van der Waals surface area contributed by atoms with Crippen molar-refractivity contribution in [2.75, 3.05) is 17.7 Å². The number of hydrogen-bond acceptors (Lipinski definition) is 7. The van der Waals surface area contributed by atoms with E-state index < -0.39 is 0 Å². The molecule has 0 atom stereocenters. The van der Waals surface area contributed by atoms with Gasteiger partial charge in [-0.3, -0.25) is 0 Å². The number of carbonyl (C=O) groups excluding carboxylic acids is 1. The standard InChI is InChI=1S/C23H20N4O3/c1-2-29-23(28)16-7-10-18(11-8-16)27-21-20(24)22(26-14-25-21)30-19-12-9-15-5-3-4-6-17(15)13-19/h3-14H,2,24H2,1H3,(H,25,26,27). The second-order valence-electron chi connectivity index (χ2n) is 6.47. The van der Waals surface area contributed by atoms with Crippen LogP contribution in [0, 0.1) is 0 Å². The minimum Gasteiger partial charge on any atom is -0.462 e. The molecule has 0 saturated heterocycles. The van der Waals surface area contributed by atoms with Crippen LogP contribution in [0.3, 0.4) is 0 Å². The van der Waals surface area contributed by atoms with E-state index in [-0.39, 0.29) is 17.5 Å². The predicted octanol–water partition coefficient (Wildman–Crippen LogP) is 4.92. The summed E-state index contributed by atoms with van der Waals surface area (Å²) in [5.74, 6) is 0.927. The van der Waals surface area contributed by atoms with Crippen LogP contribution in [-0.4, -0.2) is 22.5 Å². The number of nitrogens with one attached hydrogen (secondary N) is 1. The van der Waals surface area contributed by atoms with E-state index in [1.165, 1.54) is 6.33 Å². The smallest absolute Gasteiger partial charge is 0.338 e. The lowest BCUT2D eigenvalue weighted by Crippen LogP contribution is -2.05. The number of hydrogen-bond donors (Lipinski definition) is 2. The van der Waals surface area contributed by atoms with Gasteiger partial charge in [-0.1, -0.05) is 30.3 Å². The van der Waals surface area contributed by atoms with Crippen molar-refractivity contribution in [3.05, 3.63) is 78.6 Å². The molecular weight excluding hydrogens is 380 g/mol. The number of carbonyl (C=O) groups is 1. The van der Waals surface area contributed by atoms with E-state index in [2.05, 4.69) is 15.3 Å². The number of rotatable bonds is 6. The molecule has 0 unspecified atom stereocenters. The number of nitrogens with zero attached hydrogens (tertiary/aromatic N) is 2. The highest BCUT2D eigenvalue weighted by atomic mass is 16.5. The zero-order chi connectivity index (χ0) is 20.9. The minimum atomic E-state index is -0.364. The normalized spacial score (nSPS) is 10.6. The fraction of sp³-hybridized carbons (Fsp3) is 0.0870. The molecule has 0 bridgehead atoms. The molecule has 0 saturated carbocycles. The molecule has 0 spiro atoms. The maximum Gasteiger partial charge on any atom is 0.338 e. The largest absolute Gasteiger partial charge is 0.462 e. The highest BCUT2D eigenvalue weighted by molar-refractivity contribution is 5.90. The van der Waals surface area contributed by atoms with E-state index in [9.17, 15) is 4.79 Å². The van der Waals surface area contributed by atoms with Gasteiger partial charge in [0.05, 0.1) is 12.2 Å². The van der Waals surface area contributed by atoms with Gasteiger partial charge in [-0.2, -0.15) is 4.98 Å². The Morgan fingerprint density at radius 1 is 1.00 bits per heavy atom. The Morgan fingerprint density at radius 3 is 2.53 bits per heavy atom. The summed E-state index contributed by atoms with van der Waals surface area (Å²) in [5.41, 5.74) is 7.68. The highest BCUT2D eigenvalue weighted by Gasteiger charge is 2.12. The SMILES string of the molecule is CCOC(=O)c1ccc(Nc2ncnc(Oc3ccc4ccccc4c3)c2N)cc1. The quantitative estimate of drug-likeness (QED) is 0.443. The van der Waals surface area contributed by atoms with Crippen molar-refractivity contribution in [2.45, 2.75) is 6.92 Å². The molecule has 0 aliphatic rings. The topological polar surface area (TPSA) is 99.4 Å². The van der Waals surface area contributed by atoms with Gasteiger partial charge in [-0.25, -0.2) is 9.78 Å². The molecule has 30 heavy (non-hydrogen) atoms. The summed E-state index contributed by atoms with van der Waals surface area (Å²) in [6.45, 7) is 2.10. The molecule has 0 fully saturated rings. The van der Waals surface area contributed by atoms with Crippen LogP contribution >= 0.6 is 0 Å². The molecule has 0 aliphatic carbocycles. The number of esters is 1. The summed E-state index contributed by atoms with van der Waals surface area (Å²) in [7, 11) is 0. The van der Waals surface area contributed by atoms with E-state index >= 15 is 0 Å². The molecule has 0 radical (unpaired) electrons. The lowest BCUT2D eigenvalue weighted by molar-refractivity contribution is 0.0526. The van der Waals surface area contributed by atoms with Gasteiger partial charge < -0.3 is 20.5 Å². The number of nitrogens with two attached hydrogens (primary N) is 1. The molecule has 7 nitrogen and oxygen atoms in total. The summed E-state index contributed by atoms with van der Waals surface area (Å²) in [6, 6.07) is 20.6. The first-order chi connectivity index (χ1) is 14.6. The Kier molecular flexibility index (Phi) is 5.43. The molecule has 3 N–H and O–H groups in total. The van der Waals surface area contributed by atoms with E-state index in [0.29, 0.717) is 29.4 Å². The Morgan fingerprint density at radius 2 is 1.77 bits per heavy atom. The van der Waals surface area contributed by atoms with Gasteiger partial charge in [-0.05, 0) is 54.1 Å². The zero-order valence-electron chi connectivity index (χ0n) is 16.3. The number of fused-ring (bicyclic) bond motifs is 1. The van der Waals surface area contributed by atoms with Gasteiger partial charge in [0.25, 0.3) is 0 Å². The fourth-order valence-corrected chi connectivity index (χ4v) is 2.94. The Balaban J connectivity index is 1.53. The molecule has 1 heterocycles. The Bertz CT molecular complexity index is 1190. The first-order valence-electron chi connectivity index (χ1n) is 9.45. The summed E-state index contributed by atoms with van der Waals surface area (Å²) in [6.07, 6.45) is 1.38. The molecular formula is C23H20N4O3. The van der Waals surface area contributed by atoms with Crippen LogP contribution in [-0.2, 0) is 4.74 Å². The second-order valence-corrected chi connectivity index (χ2v) is 6.47. The van der Waals surface area contributed by atoms with Crippen LogP contribution < -0.4 is 15.8 Å². The summed E-state index contributed by atoms with van der Waals surface area (Å²) >= 11 is 0. The van der Waals surface area contributed by atoms with Crippen molar-refractivity contribution in [2.24, 2.45) is 0 Å². The molecule has 4 aromatic rings. The average molecular weight is 400 g/mol. The zero-order valence-corrected chi connectivity index (χ0v) is 16.3. The molecule has 150 valence electrons. The summed E-state index contributed by atoms with van der Waals surface area (Å²) in [4.78, 5) is 20.1. The lowest BCUT2D eigenvalue weighted by Gasteiger charge is -2.12. The van der Waals surface area contributed by atoms with Gasteiger partial charge in [0.1, 0.15) is 17.8 Å². The van der Waals surface area contributed by atoms with Crippen LogP contribution in [0.5, 0.6) is 11.6 Å². The van der Waals surface area contributed by atoms with E-state index in [0.717, 1.165) is 10.8 Å². The maximum atomic E-state index is 11.8. The highest BCUT2D eigenvalue weighted by Crippen LogP contribution is 2.32. The first kappa shape index (κ1) is 19.2. The first-order valence-corrected chi connectivity index (χ1v) is 9.45. The van der Waals surface area contributed by atoms with Crippen LogP contribution in [0.15, 0.2) is 73.1 Å². The predicted molar refractivity (Wildman–Crippen MR) is 116 cm³/mol. The van der Waals surface area contributed by atoms with Crippen molar-refractivity contribution in [3.63, 3.8) is 0 Å². The second kappa shape index (κ2) is 8.48. The monoisotopic (exact) mass is 400 g/mol. The third-order valence-electron chi connectivity index (χ3n) is 4.44. The lowest BCUT2D eigenvalue weighted by atomic mass is 10.1. The number of anilines is 3. The molecule has 0 aliphatic heterocycles. The van der Waals surface area contributed by atoms with Gasteiger partial charge in [-0.15, -0.1) is 0 Å². The minimum absolute atomic E-state index is 0.255. The third kappa shape index (κ3) is 4.15. The van der Waals surface area contributed by atoms with Crippen molar-refractivity contribution < 1.29 is 14.3 Å². The van der Waals surface area contributed by atoms with Crippen molar-refractivity contribution in [3.8, 4) is 11.6 Å². The van der Waals surface area contributed by atoms with Crippen molar-refractivity contribution in [1.29, 1.82) is 0 Å². The Hall–Kier alpha value is -4.13. The Labute approximate surface area is 173 Å². The van der Waals surface area contributed by atoms with Gasteiger partial charge in [0.2, 0.25) is 5.88 Å². The molecule has 3 aromatic carbocycles. The number of aromatic nitrogens is 2. The fourth-order valence-electron chi connectivity index (χ4n) is 2.94. The van der Waals surface area contributed by atoms with E-state index in [1.807, 2.05) is 42.5 Å². The van der Waals surface area contributed by atoms with Crippen LogP contribution in [0.25, 0.3) is 10.8 Å². The molecule has 4 rings (SSSR count). The van der Waals surface area contributed by atoms with Crippen LogP contribution in [0.4, 0.5) is 17.2 Å². The van der Waals surface area contributed by atoms with Gasteiger partial charge in [0.15, 0.2) is 5.82 Å². The number of nitrogen functional groups attached to an aromatic ring is 1. The van der Waals surface area contributed by atoms with Crippen molar-refractivity contribution in [1.82, 2.24) is 9.97 Å². The van der Waals surface area contributed by atoms with Crippen LogP contribution in [0.2, 0.25) is 0 Å². The summed E-state index contributed by atoms with van der Waals surface area (Å²) in [5, 5.41) is 5.30. The third-order valence-corrected chi connectivity index (χ3v) is 4.44. The molecule has 1 aromatic heterocycles. The number of benzene rings is 3. The number of ether oxygens (including phenoxy) is 2. The average Bonchev–Trinajstić information content (AvgIpc) is 2.77. The van der Waals surface area contributed by atoms with Gasteiger partial charge >= 0.3 is 5.97 Å². The van der Waals surface area contributed by atoms with E-state index in [4.69, 9.17) is 15.2 Å². The molecule has 0 amide bonds.